The minimum atomic E-state index is -0.647. The molecule has 2 rings (SSSR count). The molecule has 1 unspecified atom stereocenters. The Kier molecular flexibility index (Phi) is 4.14. The molecule has 2 aromatic rings. The molecule has 1 aromatic carbocycles. The summed E-state index contributed by atoms with van der Waals surface area (Å²) in [7, 11) is 1.80. The minimum Gasteiger partial charge on any atom is -0.392 e. The Morgan fingerprint density at radius 1 is 1.40 bits per heavy atom. The van der Waals surface area contributed by atoms with Gasteiger partial charge in [0.25, 0.3) is 0 Å². The Labute approximate surface area is 122 Å². The first-order valence-electron chi connectivity index (χ1n) is 6.14. The van der Waals surface area contributed by atoms with Gasteiger partial charge in [0.1, 0.15) is 5.92 Å². The highest BCUT2D eigenvalue weighted by molar-refractivity contribution is 7.80. The average molecular weight is 288 g/mol. The lowest BCUT2D eigenvalue weighted by atomic mass is 9.98. The number of nitrogens with one attached hydrogen (secondary N) is 1. The number of anilines is 1. The van der Waals surface area contributed by atoms with Gasteiger partial charge in [-0.2, -0.15) is 5.10 Å². The van der Waals surface area contributed by atoms with Crippen molar-refractivity contribution in [1.29, 1.82) is 0 Å². The Bertz CT molecular complexity index is 636. The van der Waals surface area contributed by atoms with Gasteiger partial charge in [0.05, 0.1) is 16.4 Å². The third-order valence-electron chi connectivity index (χ3n) is 2.95. The maximum Gasteiger partial charge on any atom is 0.238 e. The highest BCUT2D eigenvalue weighted by atomic mass is 32.1. The van der Waals surface area contributed by atoms with Gasteiger partial charge in [-0.05, 0) is 12.5 Å². The number of nitrogens with zero attached hydrogens (tertiary/aromatic N) is 2. The van der Waals surface area contributed by atoms with Crippen molar-refractivity contribution in [3.8, 4) is 0 Å². The molecule has 20 heavy (non-hydrogen) atoms. The molecule has 104 valence electrons. The van der Waals surface area contributed by atoms with Crippen molar-refractivity contribution in [3.05, 3.63) is 47.8 Å². The Morgan fingerprint density at radius 2 is 2.05 bits per heavy atom. The van der Waals surface area contributed by atoms with Crippen molar-refractivity contribution in [2.45, 2.75) is 12.8 Å². The van der Waals surface area contributed by atoms with Crippen LogP contribution in [0.15, 0.2) is 36.5 Å². The Hall–Kier alpha value is -2.21. The topological polar surface area (TPSA) is 72.9 Å². The predicted molar refractivity (Wildman–Crippen MR) is 82.5 cm³/mol. The van der Waals surface area contributed by atoms with Crippen molar-refractivity contribution >= 4 is 28.8 Å². The molecule has 0 saturated heterocycles. The van der Waals surface area contributed by atoms with Gasteiger partial charge in [0.15, 0.2) is 0 Å². The molecule has 0 spiro atoms. The number of aryl methyl sites for hydroxylation is 2. The molecule has 1 amide bonds. The second kappa shape index (κ2) is 5.83. The van der Waals surface area contributed by atoms with E-state index in [1.165, 1.54) is 0 Å². The molecule has 1 heterocycles. The van der Waals surface area contributed by atoms with E-state index in [0.717, 1.165) is 11.3 Å². The average Bonchev–Trinajstić information content (AvgIpc) is 2.68. The van der Waals surface area contributed by atoms with E-state index in [2.05, 4.69) is 10.4 Å². The Morgan fingerprint density at radius 3 is 2.55 bits per heavy atom. The zero-order valence-corrected chi connectivity index (χ0v) is 12.1. The second-order valence-corrected chi connectivity index (χ2v) is 5.01. The third-order valence-corrected chi connectivity index (χ3v) is 3.19. The molecule has 6 heteroatoms. The van der Waals surface area contributed by atoms with E-state index in [1.54, 1.807) is 17.9 Å². The summed E-state index contributed by atoms with van der Waals surface area (Å²) in [6.07, 6.45) is 1.74. The molecule has 0 aliphatic rings. The fourth-order valence-corrected chi connectivity index (χ4v) is 2.26. The van der Waals surface area contributed by atoms with Gasteiger partial charge in [0.2, 0.25) is 5.91 Å². The quantitative estimate of drug-likeness (QED) is 0.841. The summed E-state index contributed by atoms with van der Waals surface area (Å²) >= 11 is 5.03. The van der Waals surface area contributed by atoms with Gasteiger partial charge in [-0.3, -0.25) is 9.48 Å². The molecule has 0 fully saturated rings. The Balaban J connectivity index is 2.25. The molecule has 0 bridgehead atoms. The van der Waals surface area contributed by atoms with Crippen molar-refractivity contribution in [2.75, 3.05) is 5.32 Å². The van der Waals surface area contributed by atoms with Crippen LogP contribution in [-0.4, -0.2) is 20.7 Å². The van der Waals surface area contributed by atoms with Crippen LogP contribution in [0.3, 0.4) is 0 Å². The van der Waals surface area contributed by atoms with Gasteiger partial charge < -0.3 is 11.1 Å². The third kappa shape index (κ3) is 3.03. The molecule has 0 radical (unpaired) electrons. The van der Waals surface area contributed by atoms with Crippen LogP contribution in [-0.2, 0) is 11.8 Å². The number of thiocarbonyl (C=S) groups is 1. The predicted octanol–water partition coefficient (Wildman–Crippen LogP) is 1.74. The number of nitrogens with two attached hydrogens (primary N) is 1. The van der Waals surface area contributed by atoms with Crippen molar-refractivity contribution in [1.82, 2.24) is 9.78 Å². The summed E-state index contributed by atoms with van der Waals surface area (Å²) in [5.41, 5.74) is 7.90. The van der Waals surface area contributed by atoms with Crippen LogP contribution in [0.2, 0.25) is 0 Å². The normalized spacial score (nSPS) is 11.9. The summed E-state index contributed by atoms with van der Waals surface area (Å²) in [5.74, 6) is -0.898. The fraction of sp³-hybridized carbons (Fsp3) is 0.214. The zero-order valence-electron chi connectivity index (χ0n) is 11.3. The van der Waals surface area contributed by atoms with Gasteiger partial charge in [-0.15, -0.1) is 0 Å². The van der Waals surface area contributed by atoms with Crippen molar-refractivity contribution in [3.63, 3.8) is 0 Å². The lowest BCUT2D eigenvalue weighted by Crippen LogP contribution is -2.31. The number of aromatic nitrogens is 2. The SMILES string of the molecule is Cc1nn(C)cc1NC(=O)C(C(N)=S)c1ccccc1. The standard InChI is InChI=1S/C14H16N4OS/c1-9-11(8-18(2)17-9)16-14(19)12(13(15)20)10-6-4-3-5-7-10/h3-8,12H,1-2H3,(H2,15,20)(H,16,19). The molecule has 3 N–H and O–H groups in total. The summed E-state index contributed by atoms with van der Waals surface area (Å²) in [6.45, 7) is 1.83. The molecule has 0 saturated carbocycles. The van der Waals surface area contributed by atoms with Gasteiger partial charge in [-0.1, -0.05) is 42.5 Å². The maximum atomic E-state index is 12.4. The first-order valence-corrected chi connectivity index (χ1v) is 6.55. The van der Waals surface area contributed by atoms with Crippen LogP contribution in [0.25, 0.3) is 0 Å². The summed E-state index contributed by atoms with van der Waals surface area (Å²) in [4.78, 5) is 12.5. The van der Waals surface area contributed by atoms with E-state index in [1.807, 2.05) is 37.3 Å². The fourth-order valence-electron chi connectivity index (χ4n) is 2.02. The summed E-state index contributed by atoms with van der Waals surface area (Å²) < 4.78 is 1.64. The summed E-state index contributed by atoms with van der Waals surface area (Å²) in [6, 6.07) is 9.24. The van der Waals surface area contributed by atoms with Crippen LogP contribution in [0.4, 0.5) is 5.69 Å². The van der Waals surface area contributed by atoms with Crippen LogP contribution in [0.5, 0.6) is 0 Å². The molecule has 1 aromatic heterocycles. The van der Waals surface area contributed by atoms with Crippen LogP contribution >= 0.6 is 12.2 Å². The first-order chi connectivity index (χ1) is 9.49. The highest BCUT2D eigenvalue weighted by Crippen LogP contribution is 2.20. The van der Waals surface area contributed by atoms with E-state index < -0.39 is 5.92 Å². The lowest BCUT2D eigenvalue weighted by molar-refractivity contribution is -0.116. The van der Waals surface area contributed by atoms with Crippen LogP contribution < -0.4 is 11.1 Å². The largest absolute Gasteiger partial charge is 0.392 e. The molecule has 1 atom stereocenters. The van der Waals surface area contributed by atoms with E-state index >= 15 is 0 Å². The van der Waals surface area contributed by atoms with Crippen LogP contribution in [0, 0.1) is 6.92 Å². The number of amides is 1. The first kappa shape index (κ1) is 14.2. The second-order valence-electron chi connectivity index (χ2n) is 4.54. The minimum absolute atomic E-state index is 0.148. The molecule has 0 aliphatic heterocycles. The van der Waals surface area contributed by atoms with Crippen LogP contribution in [0.1, 0.15) is 17.2 Å². The zero-order chi connectivity index (χ0) is 14.7. The van der Waals surface area contributed by atoms with Gasteiger partial charge in [0, 0.05) is 13.2 Å². The van der Waals surface area contributed by atoms with E-state index in [-0.39, 0.29) is 10.9 Å². The molecular formula is C14H16N4OS. The molecular weight excluding hydrogens is 272 g/mol. The number of benzene rings is 1. The summed E-state index contributed by atoms with van der Waals surface area (Å²) in [5, 5.41) is 7.00. The monoisotopic (exact) mass is 288 g/mol. The number of hydrogen-bond donors (Lipinski definition) is 2. The van der Waals surface area contributed by atoms with Gasteiger partial charge in [-0.25, -0.2) is 0 Å². The number of hydrogen-bond acceptors (Lipinski definition) is 3. The number of carbonyl (C=O) groups is 1. The number of rotatable bonds is 4. The number of carbonyl (C=O) groups excluding carboxylic acids is 1. The van der Waals surface area contributed by atoms with Crippen molar-refractivity contribution in [2.24, 2.45) is 12.8 Å². The van der Waals surface area contributed by atoms with E-state index in [9.17, 15) is 4.79 Å². The maximum absolute atomic E-state index is 12.4. The van der Waals surface area contributed by atoms with Crippen molar-refractivity contribution < 1.29 is 4.79 Å². The highest BCUT2D eigenvalue weighted by Gasteiger charge is 2.24. The molecule has 0 aliphatic carbocycles. The lowest BCUT2D eigenvalue weighted by Gasteiger charge is -2.15. The smallest absolute Gasteiger partial charge is 0.238 e. The molecule has 5 nitrogen and oxygen atoms in total. The van der Waals surface area contributed by atoms with E-state index in [4.69, 9.17) is 18.0 Å². The van der Waals surface area contributed by atoms with E-state index in [0.29, 0.717) is 5.69 Å². The van der Waals surface area contributed by atoms with Gasteiger partial charge >= 0.3 is 0 Å².